The lowest BCUT2D eigenvalue weighted by Crippen LogP contribution is -1.94. The second kappa shape index (κ2) is 5.72. The minimum atomic E-state index is -0.592. The Hall–Kier alpha value is -1.07. The van der Waals surface area contributed by atoms with Crippen molar-refractivity contribution in [3.63, 3.8) is 0 Å². The molecule has 1 atom stereocenters. The molecule has 0 aromatic heterocycles. The van der Waals surface area contributed by atoms with Gasteiger partial charge in [-0.1, -0.05) is 6.92 Å². The first-order valence-electron chi connectivity index (χ1n) is 4.69. The Labute approximate surface area is 92.5 Å². The number of nitro benzene ring substituents is 1. The molecule has 4 nitrogen and oxygen atoms in total. The van der Waals surface area contributed by atoms with Crippen molar-refractivity contribution < 1.29 is 10.0 Å². The van der Waals surface area contributed by atoms with Crippen LogP contribution in [0.5, 0.6) is 0 Å². The molecule has 1 aromatic carbocycles. The molecule has 1 rings (SSSR count). The van der Waals surface area contributed by atoms with Gasteiger partial charge >= 0.3 is 0 Å². The number of rotatable bonds is 5. The smallest absolute Gasteiger partial charge is 0.269 e. The van der Waals surface area contributed by atoms with Crippen LogP contribution in [0.3, 0.4) is 0 Å². The summed E-state index contributed by atoms with van der Waals surface area (Å²) < 4.78 is 0. The highest BCUT2D eigenvalue weighted by Gasteiger charge is 2.09. The lowest BCUT2D eigenvalue weighted by atomic mass is 10.2. The fourth-order valence-electron chi connectivity index (χ4n) is 1.09. The molecule has 0 spiro atoms. The molecule has 1 N–H and O–H groups in total. The monoisotopic (exact) mass is 227 g/mol. The maximum absolute atomic E-state index is 10.4. The summed E-state index contributed by atoms with van der Waals surface area (Å²) in [7, 11) is 0. The number of thioether (sulfide) groups is 1. The highest BCUT2D eigenvalue weighted by Crippen LogP contribution is 2.27. The summed E-state index contributed by atoms with van der Waals surface area (Å²) in [5, 5.41) is 20.1. The van der Waals surface area contributed by atoms with Crippen molar-refractivity contribution in [3.8, 4) is 0 Å². The molecule has 0 amide bonds. The van der Waals surface area contributed by atoms with Gasteiger partial charge in [0.25, 0.3) is 5.69 Å². The van der Waals surface area contributed by atoms with E-state index in [4.69, 9.17) is 0 Å². The van der Waals surface area contributed by atoms with E-state index in [9.17, 15) is 15.2 Å². The largest absolute Gasteiger partial charge is 0.378 e. The quantitative estimate of drug-likeness (QED) is 0.477. The molecule has 0 saturated heterocycles. The van der Waals surface area contributed by atoms with Gasteiger partial charge in [0, 0.05) is 12.1 Å². The molecule has 0 aliphatic heterocycles. The molecular weight excluding hydrogens is 214 g/mol. The van der Waals surface area contributed by atoms with Gasteiger partial charge in [0.2, 0.25) is 0 Å². The number of hydrogen-bond acceptors (Lipinski definition) is 4. The highest BCUT2D eigenvalue weighted by molar-refractivity contribution is 7.99. The average Bonchev–Trinajstić information content (AvgIpc) is 2.26. The second-order valence-electron chi connectivity index (χ2n) is 3.07. The first-order valence-corrected chi connectivity index (χ1v) is 5.74. The maximum Gasteiger partial charge on any atom is 0.269 e. The predicted octanol–water partition coefficient (Wildman–Crippen LogP) is 2.73. The summed E-state index contributed by atoms with van der Waals surface area (Å²) >= 11 is 1.43. The Morgan fingerprint density at radius 3 is 2.53 bits per heavy atom. The number of hydrogen-bond donors (Lipinski definition) is 1. The van der Waals surface area contributed by atoms with E-state index in [2.05, 4.69) is 0 Å². The van der Waals surface area contributed by atoms with Crippen molar-refractivity contribution in [1.82, 2.24) is 0 Å². The number of aliphatic hydroxyl groups is 1. The molecule has 0 aliphatic carbocycles. The zero-order valence-electron chi connectivity index (χ0n) is 8.42. The molecule has 0 aliphatic rings. The van der Waals surface area contributed by atoms with Crippen LogP contribution in [0.4, 0.5) is 5.69 Å². The van der Waals surface area contributed by atoms with Crippen molar-refractivity contribution in [2.75, 3.05) is 5.75 Å². The number of aliphatic hydroxyl groups excluding tert-OH is 1. The van der Waals surface area contributed by atoms with Gasteiger partial charge in [0.1, 0.15) is 5.44 Å². The van der Waals surface area contributed by atoms with Crippen LogP contribution in [-0.2, 0) is 0 Å². The molecule has 0 bridgehead atoms. The Bertz CT molecular complexity index is 326. The fourth-order valence-corrected chi connectivity index (χ4v) is 1.89. The van der Waals surface area contributed by atoms with Crippen molar-refractivity contribution in [2.24, 2.45) is 0 Å². The van der Waals surface area contributed by atoms with Crippen LogP contribution in [0.2, 0.25) is 0 Å². The molecule has 5 heteroatoms. The van der Waals surface area contributed by atoms with Crippen molar-refractivity contribution >= 4 is 17.4 Å². The second-order valence-corrected chi connectivity index (χ2v) is 4.26. The summed E-state index contributed by atoms with van der Waals surface area (Å²) in [5.74, 6) is 0.873. The van der Waals surface area contributed by atoms with E-state index in [1.165, 1.54) is 23.9 Å². The van der Waals surface area contributed by atoms with Crippen LogP contribution in [-0.4, -0.2) is 15.8 Å². The molecule has 1 unspecified atom stereocenters. The van der Waals surface area contributed by atoms with E-state index in [1.807, 2.05) is 6.92 Å². The van der Waals surface area contributed by atoms with Gasteiger partial charge in [-0.05, 0) is 29.9 Å². The van der Waals surface area contributed by atoms with Gasteiger partial charge < -0.3 is 5.11 Å². The van der Waals surface area contributed by atoms with Crippen molar-refractivity contribution in [2.45, 2.75) is 18.8 Å². The van der Waals surface area contributed by atoms with Gasteiger partial charge in [-0.15, -0.1) is 11.8 Å². The summed E-state index contributed by atoms with van der Waals surface area (Å²) in [6.07, 6.45) is 0.995. The first-order chi connectivity index (χ1) is 7.15. The van der Waals surface area contributed by atoms with E-state index in [0.29, 0.717) is 5.56 Å². The third kappa shape index (κ3) is 3.53. The van der Waals surface area contributed by atoms with Gasteiger partial charge in [-0.3, -0.25) is 10.1 Å². The lowest BCUT2D eigenvalue weighted by Gasteiger charge is -2.09. The molecule has 0 saturated carbocycles. The minimum absolute atomic E-state index is 0.0476. The van der Waals surface area contributed by atoms with Gasteiger partial charge in [0.15, 0.2) is 0 Å². The first kappa shape index (κ1) is 12.0. The third-order valence-electron chi connectivity index (χ3n) is 1.87. The maximum atomic E-state index is 10.4. The van der Waals surface area contributed by atoms with Crippen LogP contribution in [0.15, 0.2) is 24.3 Å². The number of nitro groups is 1. The molecule has 0 radical (unpaired) electrons. The highest BCUT2D eigenvalue weighted by atomic mass is 32.2. The summed E-state index contributed by atoms with van der Waals surface area (Å²) in [5.41, 5.74) is 0.163. The topological polar surface area (TPSA) is 63.4 Å². The normalized spacial score (nSPS) is 12.4. The van der Waals surface area contributed by atoms with Gasteiger partial charge in [0.05, 0.1) is 4.92 Å². The van der Waals surface area contributed by atoms with Crippen molar-refractivity contribution in [3.05, 3.63) is 39.9 Å². The SMILES string of the molecule is CCCSC(O)c1ccc([N+](=O)[O-])cc1. The van der Waals surface area contributed by atoms with Crippen LogP contribution >= 0.6 is 11.8 Å². The molecular formula is C10H13NO3S. The Kier molecular flexibility index (Phi) is 4.58. The zero-order chi connectivity index (χ0) is 11.3. The van der Waals surface area contributed by atoms with E-state index in [-0.39, 0.29) is 5.69 Å². The zero-order valence-corrected chi connectivity index (χ0v) is 9.24. The average molecular weight is 227 g/mol. The van der Waals surface area contributed by atoms with E-state index in [0.717, 1.165) is 12.2 Å². The Morgan fingerprint density at radius 1 is 1.47 bits per heavy atom. The van der Waals surface area contributed by atoms with Crippen LogP contribution in [0, 0.1) is 10.1 Å². The van der Waals surface area contributed by atoms with Crippen LogP contribution in [0.1, 0.15) is 24.3 Å². The van der Waals surface area contributed by atoms with Crippen LogP contribution < -0.4 is 0 Å². The Morgan fingerprint density at radius 2 is 2.07 bits per heavy atom. The number of benzene rings is 1. The van der Waals surface area contributed by atoms with Gasteiger partial charge in [-0.2, -0.15) is 0 Å². The molecule has 0 heterocycles. The van der Waals surface area contributed by atoms with E-state index in [1.54, 1.807) is 12.1 Å². The summed E-state index contributed by atoms with van der Waals surface area (Å²) in [6.45, 7) is 2.04. The predicted molar refractivity (Wildman–Crippen MR) is 60.8 cm³/mol. The van der Waals surface area contributed by atoms with E-state index >= 15 is 0 Å². The Balaban J connectivity index is 2.66. The molecule has 82 valence electrons. The third-order valence-corrected chi connectivity index (χ3v) is 3.10. The number of nitrogens with zero attached hydrogens (tertiary/aromatic N) is 1. The molecule has 0 fully saturated rings. The number of non-ortho nitro benzene ring substituents is 1. The van der Waals surface area contributed by atoms with E-state index < -0.39 is 10.4 Å². The van der Waals surface area contributed by atoms with Gasteiger partial charge in [-0.25, -0.2) is 0 Å². The summed E-state index contributed by atoms with van der Waals surface area (Å²) in [4.78, 5) is 9.94. The minimum Gasteiger partial charge on any atom is -0.378 e. The van der Waals surface area contributed by atoms with Crippen molar-refractivity contribution in [1.29, 1.82) is 0 Å². The molecule has 15 heavy (non-hydrogen) atoms. The summed E-state index contributed by atoms with van der Waals surface area (Å²) in [6, 6.07) is 5.99. The fraction of sp³-hybridized carbons (Fsp3) is 0.400. The molecule has 1 aromatic rings. The standard InChI is InChI=1S/C10H13NO3S/c1-2-7-15-10(12)8-3-5-9(6-4-8)11(13)14/h3-6,10,12H,2,7H2,1H3. The van der Waals surface area contributed by atoms with Crippen LogP contribution in [0.25, 0.3) is 0 Å². The lowest BCUT2D eigenvalue weighted by molar-refractivity contribution is -0.384.